The molecule has 3 aliphatic rings. The van der Waals surface area contributed by atoms with Gasteiger partial charge in [0.1, 0.15) is 0 Å². The molecule has 10 aromatic rings. The van der Waals surface area contributed by atoms with E-state index in [4.69, 9.17) is 9.98 Å². The van der Waals surface area contributed by atoms with Crippen LogP contribution in [0.5, 0.6) is 0 Å². The Morgan fingerprint density at radius 3 is 1.80 bits per heavy atom. The Hall–Kier alpha value is -7.72. The van der Waals surface area contributed by atoms with Crippen LogP contribution in [-0.4, -0.2) is 18.1 Å². The van der Waals surface area contributed by atoms with E-state index in [9.17, 15) is 0 Å². The van der Waals surface area contributed by atoms with Crippen molar-refractivity contribution in [2.75, 3.05) is 6.54 Å². The molecule has 9 aromatic carbocycles. The molecule has 0 bridgehead atoms. The van der Waals surface area contributed by atoms with Crippen LogP contribution in [-0.2, 0) is 6.42 Å². The Balaban J connectivity index is 0.971. The Bertz CT molecular complexity index is 3730. The fourth-order valence-corrected chi connectivity index (χ4v) is 13.0. The highest BCUT2D eigenvalue weighted by Gasteiger charge is 2.32. The molecule has 0 N–H and O–H groups in total. The maximum absolute atomic E-state index is 5.59. The fraction of sp³-hybridized carbons (Fsp3) is 0.121. The number of thiophene rings is 1. The summed E-state index contributed by atoms with van der Waals surface area (Å²) in [6.45, 7) is 3.04. The number of amidine groups is 1. The maximum Gasteiger partial charge on any atom is 0.154 e. The van der Waals surface area contributed by atoms with Gasteiger partial charge in [-0.25, -0.2) is 4.99 Å². The molecule has 0 saturated heterocycles. The van der Waals surface area contributed by atoms with Crippen LogP contribution >= 0.6 is 11.3 Å². The summed E-state index contributed by atoms with van der Waals surface area (Å²) in [4.78, 5) is 11.0. The average molecular weight is 903 g/mol. The van der Waals surface area contributed by atoms with E-state index in [1.807, 2.05) is 11.3 Å². The van der Waals surface area contributed by atoms with E-state index in [1.54, 1.807) is 0 Å². The lowest BCUT2D eigenvalue weighted by atomic mass is 9.76. The molecular weight excluding hydrogens is 853 g/mol. The van der Waals surface area contributed by atoms with E-state index < -0.39 is 0 Å². The average Bonchev–Trinajstić information content (AvgIpc) is 3.75. The Kier molecular flexibility index (Phi) is 10.5. The lowest BCUT2D eigenvalue weighted by Crippen LogP contribution is -2.11. The number of nitrogens with zero attached hydrogens (tertiary/aromatic N) is 2. The summed E-state index contributed by atoms with van der Waals surface area (Å²) in [6.07, 6.45) is 4.62. The third-order valence-corrected chi connectivity index (χ3v) is 16.2. The largest absolute Gasteiger partial charge is 0.266 e. The number of rotatable bonds is 5. The highest BCUT2D eigenvalue weighted by molar-refractivity contribution is 7.26. The van der Waals surface area contributed by atoms with Crippen LogP contribution in [0.4, 0.5) is 0 Å². The first-order valence-corrected chi connectivity index (χ1v) is 25.4. The lowest BCUT2D eigenvalue weighted by Gasteiger charge is -2.27. The van der Waals surface area contributed by atoms with Crippen LogP contribution in [0.25, 0.3) is 86.9 Å². The predicted octanol–water partition coefficient (Wildman–Crippen LogP) is 17.8. The molecule has 1 aromatic heterocycles. The first-order chi connectivity index (χ1) is 34.2. The topological polar surface area (TPSA) is 24.7 Å². The Morgan fingerprint density at radius 1 is 0.478 bits per heavy atom. The molecule has 69 heavy (non-hydrogen) atoms. The highest BCUT2D eigenvalue weighted by atomic mass is 32.1. The van der Waals surface area contributed by atoms with Crippen molar-refractivity contribution in [3.8, 4) is 66.8 Å². The van der Waals surface area contributed by atoms with Crippen LogP contribution in [0.3, 0.4) is 0 Å². The smallest absolute Gasteiger partial charge is 0.154 e. The third-order valence-electron chi connectivity index (χ3n) is 15.0. The van der Waals surface area contributed by atoms with Crippen LogP contribution in [0.15, 0.2) is 227 Å². The number of hydrogen-bond donors (Lipinski definition) is 0. The number of aryl methyl sites for hydroxylation is 1. The van der Waals surface area contributed by atoms with Crippen molar-refractivity contribution < 1.29 is 0 Å². The van der Waals surface area contributed by atoms with Crippen LogP contribution in [0.2, 0.25) is 0 Å². The van der Waals surface area contributed by atoms with Gasteiger partial charge in [0.2, 0.25) is 0 Å². The molecule has 1 atom stereocenters. The van der Waals surface area contributed by atoms with Gasteiger partial charge < -0.3 is 0 Å². The Morgan fingerprint density at radius 2 is 1.09 bits per heavy atom. The minimum Gasteiger partial charge on any atom is -0.266 e. The van der Waals surface area contributed by atoms with Gasteiger partial charge in [-0.2, -0.15) is 0 Å². The van der Waals surface area contributed by atoms with E-state index in [1.165, 1.54) is 115 Å². The first kappa shape index (κ1) is 41.5. The molecule has 2 nitrogen and oxygen atoms in total. The number of hydrogen-bond acceptors (Lipinski definition) is 3. The molecule has 330 valence electrons. The fourth-order valence-electron chi connectivity index (χ4n) is 11.9. The summed E-state index contributed by atoms with van der Waals surface area (Å²) >= 11 is 1.88. The monoisotopic (exact) mass is 902 g/mol. The quantitative estimate of drug-likeness (QED) is 0.154. The molecule has 0 spiro atoms. The van der Waals surface area contributed by atoms with Crippen molar-refractivity contribution >= 4 is 43.1 Å². The van der Waals surface area contributed by atoms with Crippen molar-refractivity contribution in [3.63, 3.8) is 0 Å². The molecule has 0 amide bonds. The molecule has 3 heteroatoms. The first-order valence-electron chi connectivity index (χ1n) is 24.6. The molecule has 0 fully saturated rings. The van der Waals surface area contributed by atoms with Gasteiger partial charge in [0.15, 0.2) is 5.84 Å². The number of allylic oxidation sites excluding steroid dienone is 1. The van der Waals surface area contributed by atoms with Gasteiger partial charge in [0.25, 0.3) is 0 Å². The van der Waals surface area contributed by atoms with Crippen LogP contribution in [0.1, 0.15) is 60.8 Å². The molecule has 2 aliphatic carbocycles. The summed E-state index contributed by atoms with van der Waals surface area (Å²) in [5.41, 5.74) is 24.8. The van der Waals surface area contributed by atoms with Crippen molar-refractivity contribution in [2.45, 2.75) is 44.9 Å². The molecule has 0 saturated carbocycles. The summed E-state index contributed by atoms with van der Waals surface area (Å²) in [7, 11) is 0. The third kappa shape index (κ3) is 7.14. The minimum atomic E-state index is 0.229. The zero-order valence-corrected chi connectivity index (χ0v) is 39.6. The second-order valence-corrected chi connectivity index (χ2v) is 19.8. The molecule has 0 radical (unpaired) electrons. The van der Waals surface area contributed by atoms with Gasteiger partial charge in [0, 0.05) is 44.6 Å². The number of fused-ring (bicyclic) bond motifs is 15. The van der Waals surface area contributed by atoms with Crippen molar-refractivity contribution in [1.29, 1.82) is 0 Å². The van der Waals surface area contributed by atoms with Gasteiger partial charge in [-0.15, -0.1) is 11.3 Å². The van der Waals surface area contributed by atoms with Gasteiger partial charge in [-0.05, 0) is 121 Å². The van der Waals surface area contributed by atoms with E-state index in [0.717, 1.165) is 49.2 Å². The zero-order chi connectivity index (χ0) is 45.8. The SMILES string of the molecule is CC/C1=C(\C2CCc3ccc4c(c3-c3ccccc32)-c2ccccc2-c2ccccc2-c2ccccc2-4)CCN=C(c2ccccc2)N=C(c2ccc3c(c2)sc2cccc(-c4ccccc4)c23)C1. The Labute approximate surface area is 408 Å². The number of aliphatic imine (C=N–C) groups is 2. The molecule has 2 heterocycles. The minimum absolute atomic E-state index is 0.229. The zero-order valence-electron chi connectivity index (χ0n) is 38.8. The van der Waals surface area contributed by atoms with Crippen LogP contribution < -0.4 is 0 Å². The van der Waals surface area contributed by atoms with E-state index in [2.05, 4.69) is 213 Å². The summed E-state index contributed by atoms with van der Waals surface area (Å²) in [6, 6.07) is 76.6. The highest BCUT2D eigenvalue weighted by Crippen LogP contribution is 2.54. The summed E-state index contributed by atoms with van der Waals surface area (Å²) < 4.78 is 2.59. The normalized spacial score (nSPS) is 16.4. The van der Waals surface area contributed by atoms with Crippen molar-refractivity contribution in [1.82, 2.24) is 0 Å². The van der Waals surface area contributed by atoms with Crippen molar-refractivity contribution in [3.05, 3.63) is 240 Å². The lowest BCUT2D eigenvalue weighted by molar-refractivity contribution is 0.666. The maximum atomic E-state index is 5.59. The molecule has 1 aliphatic heterocycles. The number of benzene rings is 9. The predicted molar refractivity (Wildman–Crippen MR) is 294 cm³/mol. The second kappa shape index (κ2) is 17.4. The second-order valence-electron chi connectivity index (χ2n) is 18.7. The van der Waals surface area contributed by atoms with Gasteiger partial charge in [0.05, 0.1) is 5.71 Å². The van der Waals surface area contributed by atoms with Gasteiger partial charge in [-0.1, -0.05) is 212 Å². The molecular formula is C66H50N2S. The summed E-state index contributed by atoms with van der Waals surface area (Å²) in [5.74, 6) is 1.05. The molecule has 13 rings (SSSR count). The van der Waals surface area contributed by atoms with Crippen LogP contribution in [0, 0.1) is 0 Å². The molecule has 1 unspecified atom stereocenters. The van der Waals surface area contributed by atoms with E-state index >= 15 is 0 Å². The van der Waals surface area contributed by atoms with E-state index in [-0.39, 0.29) is 5.92 Å². The van der Waals surface area contributed by atoms with Gasteiger partial charge in [-0.3, -0.25) is 4.99 Å². The standard InChI is InChI=1S/C66H50N2S/c1-2-42-40-60(46-34-37-59-62(41-46)69-61-31-17-30-48(64(59)61)43-18-5-3-6-19-43)68-66(45-20-7-4-8-21-45)67-39-38-47(42)55-35-32-44-33-36-58-53-26-12-11-24-51(53)49-22-9-10-23-50(49)52-25-14-16-29-57(52)65(58)63(44)56-28-15-13-27-54(55)56/h3-31,33-34,36-37,41,55H,2,32,35,38-40H2,1H3/b47-42+,51-49?,52-50?,58-53?,65-57?,67-66?,68-60?. The van der Waals surface area contributed by atoms with Gasteiger partial charge >= 0.3 is 0 Å². The van der Waals surface area contributed by atoms with Crippen molar-refractivity contribution in [2.24, 2.45) is 9.98 Å². The summed E-state index contributed by atoms with van der Waals surface area (Å²) in [5, 5.41) is 2.62. The van der Waals surface area contributed by atoms with E-state index in [0.29, 0.717) is 6.54 Å².